The molecule has 0 fully saturated rings. The Morgan fingerprint density at radius 3 is 3.06 bits per heavy atom. The number of nitrogens with zero attached hydrogens (tertiary/aromatic N) is 3. The molecule has 0 spiro atoms. The number of aryl methyl sites for hydroxylation is 1. The summed E-state index contributed by atoms with van der Waals surface area (Å²) in [5.41, 5.74) is 1.52. The highest BCUT2D eigenvalue weighted by Gasteiger charge is 2.23. The number of rotatable bonds is 1. The van der Waals surface area contributed by atoms with Gasteiger partial charge in [0.1, 0.15) is 5.71 Å². The molecular formula is C11H16N4O. The second-order valence-corrected chi connectivity index (χ2v) is 4.10. The Hall–Kier alpha value is -1.65. The van der Waals surface area contributed by atoms with E-state index in [0.717, 1.165) is 30.7 Å². The highest BCUT2D eigenvalue weighted by molar-refractivity contribution is 5.98. The minimum atomic E-state index is -0.00444. The molecular weight excluding hydrogens is 204 g/mol. The lowest BCUT2D eigenvalue weighted by atomic mass is 10.0. The highest BCUT2D eigenvalue weighted by atomic mass is 16.1. The maximum absolute atomic E-state index is 11.9. The average Bonchev–Trinajstić information content (AvgIpc) is 2.28. The second kappa shape index (κ2) is 4.08. The molecule has 1 aliphatic heterocycles. The van der Waals surface area contributed by atoms with E-state index >= 15 is 0 Å². The number of aromatic nitrogens is 2. The minimum Gasteiger partial charge on any atom is -0.323 e. The topological polar surface area (TPSA) is 73.3 Å². The van der Waals surface area contributed by atoms with Gasteiger partial charge in [-0.1, -0.05) is 6.92 Å². The van der Waals surface area contributed by atoms with Crippen molar-refractivity contribution in [2.75, 3.05) is 0 Å². The first-order valence-corrected chi connectivity index (χ1v) is 5.57. The van der Waals surface area contributed by atoms with Gasteiger partial charge >= 0.3 is 0 Å². The third kappa shape index (κ3) is 1.62. The average molecular weight is 220 g/mol. The van der Waals surface area contributed by atoms with E-state index in [1.807, 2.05) is 13.8 Å². The van der Waals surface area contributed by atoms with Gasteiger partial charge in [0.25, 0.3) is 5.56 Å². The van der Waals surface area contributed by atoms with Crippen molar-refractivity contribution in [2.24, 2.45) is 10.9 Å². The van der Waals surface area contributed by atoms with Crippen LogP contribution in [0.15, 0.2) is 16.0 Å². The van der Waals surface area contributed by atoms with Gasteiger partial charge in [0.2, 0.25) is 0 Å². The Morgan fingerprint density at radius 2 is 2.44 bits per heavy atom. The zero-order valence-electron chi connectivity index (χ0n) is 9.60. The van der Waals surface area contributed by atoms with Gasteiger partial charge in [-0.2, -0.15) is 5.10 Å². The molecule has 0 saturated carbocycles. The quantitative estimate of drug-likeness (QED) is 0.562. The Bertz CT molecular complexity index is 489. The van der Waals surface area contributed by atoms with Crippen molar-refractivity contribution < 1.29 is 0 Å². The summed E-state index contributed by atoms with van der Waals surface area (Å²) in [4.78, 5) is 16.4. The molecule has 0 aromatic carbocycles. The Balaban J connectivity index is 2.69. The maximum Gasteiger partial charge on any atom is 0.254 e. The normalized spacial score (nSPS) is 22.1. The second-order valence-electron chi connectivity index (χ2n) is 4.10. The first-order valence-electron chi connectivity index (χ1n) is 5.57. The van der Waals surface area contributed by atoms with Crippen LogP contribution in [-0.2, 0) is 6.42 Å². The molecule has 5 heteroatoms. The zero-order chi connectivity index (χ0) is 11.7. The largest absolute Gasteiger partial charge is 0.323 e. The summed E-state index contributed by atoms with van der Waals surface area (Å²) in [6.07, 6.45) is 2.42. The summed E-state index contributed by atoms with van der Waals surface area (Å²) in [7, 11) is 0. The molecule has 2 N–H and O–H groups in total. The molecule has 0 saturated heterocycles. The number of hydrogen-bond donors (Lipinski definition) is 1. The number of fused-ring (bicyclic) bond motifs is 1. The smallest absolute Gasteiger partial charge is 0.254 e. The van der Waals surface area contributed by atoms with E-state index in [0.29, 0.717) is 5.82 Å². The van der Waals surface area contributed by atoms with Gasteiger partial charge in [0, 0.05) is 17.8 Å². The number of nitrogens with two attached hydrogens (primary N) is 1. The molecule has 1 aliphatic rings. The first-order chi connectivity index (χ1) is 7.67. The van der Waals surface area contributed by atoms with Gasteiger partial charge in [-0.05, 0) is 26.2 Å². The van der Waals surface area contributed by atoms with Crippen LogP contribution in [0.5, 0.6) is 0 Å². The molecule has 0 radical (unpaired) electrons. The summed E-state index contributed by atoms with van der Waals surface area (Å²) in [5.74, 6) is 5.98. The molecule has 0 bridgehead atoms. The summed E-state index contributed by atoms with van der Waals surface area (Å²) >= 11 is 0. The maximum atomic E-state index is 11.9. The summed E-state index contributed by atoms with van der Waals surface area (Å²) in [5, 5.41) is 3.73. The molecule has 2 rings (SSSR count). The fourth-order valence-electron chi connectivity index (χ4n) is 2.06. The van der Waals surface area contributed by atoms with E-state index in [-0.39, 0.29) is 11.6 Å². The van der Waals surface area contributed by atoms with Crippen LogP contribution in [0.1, 0.15) is 44.2 Å². The van der Waals surface area contributed by atoms with Crippen molar-refractivity contribution in [2.45, 2.75) is 39.2 Å². The van der Waals surface area contributed by atoms with Gasteiger partial charge in [0.15, 0.2) is 5.82 Å². The van der Waals surface area contributed by atoms with E-state index in [1.54, 1.807) is 10.6 Å². The van der Waals surface area contributed by atoms with Crippen molar-refractivity contribution >= 4 is 5.71 Å². The van der Waals surface area contributed by atoms with Crippen LogP contribution in [-0.4, -0.2) is 15.3 Å². The van der Waals surface area contributed by atoms with Gasteiger partial charge in [-0.3, -0.25) is 9.36 Å². The molecule has 5 nitrogen and oxygen atoms in total. The Morgan fingerprint density at radius 1 is 1.69 bits per heavy atom. The summed E-state index contributed by atoms with van der Waals surface area (Å²) < 4.78 is 1.69. The lowest BCUT2D eigenvalue weighted by Gasteiger charge is -2.24. The first kappa shape index (κ1) is 10.9. The van der Waals surface area contributed by atoms with Gasteiger partial charge < -0.3 is 5.84 Å². The van der Waals surface area contributed by atoms with Crippen molar-refractivity contribution in [1.29, 1.82) is 0 Å². The van der Waals surface area contributed by atoms with E-state index < -0.39 is 0 Å². The Kier molecular flexibility index (Phi) is 2.77. The molecule has 86 valence electrons. The van der Waals surface area contributed by atoms with Crippen LogP contribution < -0.4 is 11.4 Å². The van der Waals surface area contributed by atoms with Crippen molar-refractivity contribution in [3.8, 4) is 0 Å². The molecule has 1 aromatic rings. The lowest BCUT2D eigenvalue weighted by Crippen LogP contribution is -2.34. The fourth-order valence-corrected chi connectivity index (χ4v) is 2.06. The monoisotopic (exact) mass is 220 g/mol. The molecule has 1 unspecified atom stereocenters. The standard InChI is InChI=1S/C11H16N4O/c1-3-8-6-10(16)15-7(2)4-5-9(14-12)11(15)13-8/h6-7H,3-5,12H2,1-2H3. The lowest BCUT2D eigenvalue weighted by molar-refractivity contribution is 0.468. The van der Waals surface area contributed by atoms with Gasteiger partial charge in [-0.25, -0.2) is 4.98 Å². The zero-order valence-corrected chi connectivity index (χ0v) is 9.60. The van der Waals surface area contributed by atoms with Gasteiger partial charge in [-0.15, -0.1) is 0 Å². The van der Waals surface area contributed by atoms with Gasteiger partial charge in [0.05, 0.1) is 0 Å². The number of hydrogen-bond acceptors (Lipinski definition) is 4. The molecule has 0 aliphatic carbocycles. The molecule has 1 aromatic heterocycles. The van der Waals surface area contributed by atoms with Crippen LogP contribution in [0, 0.1) is 0 Å². The van der Waals surface area contributed by atoms with Crippen molar-refractivity contribution in [3.63, 3.8) is 0 Å². The van der Waals surface area contributed by atoms with E-state index in [9.17, 15) is 4.79 Å². The predicted molar refractivity (Wildman–Crippen MR) is 62.5 cm³/mol. The SMILES string of the molecule is CCc1cc(=O)n2c(n1)C(=NN)CCC2C. The van der Waals surface area contributed by atoms with Crippen LogP contribution in [0.2, 0.25) is 0 Å². The number of hydrazone groups is 1. The van der Waals surface area contributed by atoms with E-state index in [4.69, 9.17) is 5.84 Å². The van der Waals surface area contributed by atoms with E-state index in [2.05, 4.69) is 10.1 Å². The van der Waals surface area contributed by atoms with Crippen LogP contribution in [0.3, 0.4) is 0 Å². The third-order valence-electron chi connectivity index (χ3n) is 3.02. The molecule has 16 heavy (non-hydrogen) atoms. The van der Waals surface area contributed by atoms with Crippen LogP contribution in [0.4, 0.5) is 0 Å². The molecule has 2 heterocycles. The molecule has 0 amide bonds. The highest BCUT2D eigenvalue weighted by Crippen LogP contribution is 2.21. The van der Waals surface area contributed by atoms with Crippen molar-refractivity contribution in [1.82, 2.24) is 9.55 Å². The third-order valence-corrected chi connectivity index (χ3v) is 3.02. The van der Waals surface area contributed by atoms with Crippen LogP contribution >= 0.6 is 0 Å². The summed E-state index contributed by atoms with van der Waals surface area (Å²) in [6, 6.07) is 1.77. The summed E-state index contributed by atoms with van der Waals surface area (Å²) in [6.45, 7) is 4.00. The Labute approximate surface area is 94.0 Å². The fraction of sp³-hybridized carbons (Fsp3) is 0.545. The molecule has 1 atom stereocenters. The minimum absolute atomic E-state index is 0.00444. The van der Waals surface area contributed by atoms with Crippen LogP contribution in [0.25, 0.3) is 0 Å². The predicted octanol–water partition coefficient (Wildman–Crippen LogP) is 0.823. The van der Waals surface area contributed by atoms with Crippen molar-refractivity contribution in [3.05, 3.63) is 27.9 Å². The van der Waals surface area contributed by atoms with E-state index in [1.165, 1.54) is 0 Å².